The van der Waals surface area contributed by atoms with Crippen molar-refractivity contribution in [2.45, 2.75) is 34.6 Å². The zero-order valence-electron chi connectivity index (χ0n) is 15.8. The van der Waals surface area contributed by atoms with Gasteiger partial charge in [0.15, 0.2) is 0 Å². The van der Waals surface area contributed by atoms with Crippen molar-refractivity contribution in [2.75, 3.05) is 63.0 Å². The Labute approximate surface area is 143 Å². The number of benzene rings is 1. The zero-order chi connectivity index (χ0) is 17.1. The molecule has 0 amide bonds. The highest BCUT2D eigenvalue weighted by molar-refractivity contribution is 5.64. The molecule has 0 aliphatic rings. The van der Waals surface area contributed by atoms with Gasteiger partial charge in [-0.1, -0.05) is 33.8 Å². The number of hydrogen-bond donors (Lipinski definition) is 2. The number of hydrogen-bond acceptors (Lipinski definition) is 4. The van der Waals surface area contributed by atoms with Crippen molar-refractivity contribution in [1.29, 1.82) is 0 Å². The van der Waals surface area contributed by atoms with Crippen LogP contribution in [-0.2, 0) is 0 Å². The molecule has 0 saturated heterocycles. The number of rotatable bonds is 12. The van der Waals surface area contributed by atoms with Gasteiger partial charge in [0.25, 0.3) is 0 Å². The second kappa shape index (κ2) is 11.3. The van der Waals surface area contributed by atoms with Gasteiger partial charge in [-0.2, -0.15) is 0 Å². The standard InChI is InChI=1S/C19H36N4/c1-6-22(7-2)15-13-20-18-11-10-12-19(17(18)5)21-14-16-23(8-3)9-4/h10-12,20-21H,6-9,13-16H2,1-5H3. The highest BCUT2D eigenvalue weighted by Gasteiger charge is 2.05. The minimum Gasteiger partial charge on any atom is -0.383 e. The van der Waals surface area contributed by atoms with E-state index in [1.807, 2.05) is 0 Å². The first-order valence-corrected chi connectivity index (χ1v) is 9.18. The molecule has 4 heteroatoms. The van der Waals surface area contributed by atoms with Crippen molar-refractivity contribution in [1.82, 2.24) is 9.80 Å². The molecule has 0 heterocycles. The molecule has 0 atom stereocenters. The largest absolute Gasteiger partial charge is 0.383 e. The predicted octanol–water partition coefficient (Wildman–Crippen LogP) is 3.50. The van der Waals surface area contributed by atoms with Crippen LogP contribution in [0.1, 0.15) is 33.3 Å². The summed E-state index contributed by atoms with van der Waals surface area (Å²) in [6, 6.07) is 6.48. The van der Waals surface area contributed by atoms with Gasteiger partial charge in [0.05, 0.1) is 0 Å². The van der Waals surface area contributed by atoms with Crippen LogP contribution in [0.25, 0.3) is 0 Å². The van der Waals surface area contributed by atoms with Crippen LogP contribution in [0.4, 0.5) is 11.4 Å². The van der Waals surface area contributed by atoms with Crippen LogP contribution in [0.3, 0.4) is 0 Å². The van der Waals surface area contributed by atoms with Crippen LogP contribution in [0, 0.1) is 6.92 Å². The van der Waals surface area contributed by atoms with E-state index in [0.29, 0.717) is 0 Å². The van der Waals surface area contributed by atoms with E-state index in [1.54, 1.807) is 0 Å². The molecule has 0 bridgehead atoms. The van der Waals surface area contributed by atoms with Gasteiger partial charge in [0.2, 0.25) is 0 Å². The fourth-order valence-corrected chi connectivity index (χ4v) is 2.80. The van der Waals surface area contributed by atoms with Crippen molar-refractivity contribution < 1.29 is 0 Å². The fourth-order valence-electron chi connectivity index (χ4n) is 2.80. The number of likely N-dealkylation sites (N-methyl/N-ethyl adjacent to an activating group) is 2. The second-order valence-corrected chi connectivity index (χ2v) is 5.89. The van der Waals surface area contributed by atoms with E-state index < -0.39 is 0 Å². The predicted molar refractivity (Wildman–Crippen MR) is 104 cm³/mol. The highest BCUT2D eigenvalue weighted by atomic mass is 15.1. The molecule has 1 rings (SSSR count). The molecule has 0 aromatic heterocycles. The smallest absolute Gasteiger partial charge is 0.0391 e. The van der Waals surface area contributed by atoms with E-state index in [4.69, 9.17) is 0 Å². The number of anilines is 2. The number of nitrogens with zero attached hydrogens (tertiary/aromatic N) is 2. The third kappa shape index (κ3) is 6.80. The lowest BCUT2D eigenvalue weighted by molar-refractivity contribution is 0.316. The van der Waals surface area contributed by atoms with Crippen LogP contribution in [0.15, 0.2) is 18.2 Å². The summed E-state index contributed by atoms with van der Waals surface area (Å²) in [6.07, 6.45) is 0. The lowest BCUT2D eigenvalue weighted by Crippen LogP contribution is -2.29. The average molecular weight is 321 g/mol. The van der Waals surface area contributed by atoms with E-state index in [0.717, 1.165) is 52.4 Å². The zero-order valence-corrected chi connectivity index (χ0v) is 15.8. The maximum absolute atomic E-state index is 3.58. The first kappa shape index (κ1) is 19.8. The molecule has 1 aromatic rings. The summed E-state index contributed by atoms with van der Waals surface area (Å²) in [5, 5.41) is 7.16. The summed E-state index contributed by atoms with van der Waals surface area (Å²) >= 11 is 0. The molecule has 23 heavy (non-hydrogen) atoms. The quantitative estimate of drug-likeness (QED) is 0.617. The molecule has 4 nitrogen and oxygen atoms in total. The maximum atomic E-state index is 3.58. The Morgan fingerprint density at radius 3 is 1.48 bits per heavy atom. The minimum atomic E-state index is 0.991. The van der Waals surface area contributed by atoms with Gasteiger partial charge in [0, 0.05) is 37.6 Å². The molecule has 1 aromatic carbocycles. The molecule has 0 aliphatic carbocycles. The third-order valence-corrected chi connectivity index (χ3v) is 4.61. The maximum Gasteiger partial charge on any atom is 0.0391 e. The first-order chi connectivity index (χ1) is 11.2. The molecule has 0 spiro atoms. The average Bonchev–Trinajstić information content (AvgIpc) is 2.58. The SMILES string of the molecule is CCN(CC)CCNc1cccc(NCCN(CC)CC)c1C. The van der Waals surface area contributed by atoms with Gasteiger partial charge in [-0.3, -0.25) is 0 Å². The van der Waals surface area contributed by atoms with Crippen molar-refractivity contribution in [3.63, 3.8) is 0 Å². The Balaban J connectivity index is 2.50. The monoisotopic (exact) mass is 320 g/mol. The molecular formula is C19H36N4. The molecule has 132 valence electrons. The molecule has 0 unspecified atom stereocenters. The summed E-state index contributed by atoms with van der Waals surface area (Å²) in [5.74, 6) is 0. The van der Waals surface area contributed by atoms with Crippen molar-refractivity contribution >= 4 is 11.4 Å². The van der Waals surface area contributed by atoms with Crippen LogP contribution < -0.4 is 10.6 Å². The summed E-state index contributed by atoms with van der Waals surface area (Å²) < 4.78 is 0. The molecule has 0 saturated carbocycles. The molecule has 2 N–H and O–H groups in total. The molecular weight excluding hydrogens is 284 g/mol. The van der Waals surface area contributed by atoms with Gasteiger partial charge in [0.1, 0.15) is 0 Å². The van der Waals surface area contributed by atoms with Crippen molar-refractivity contribution in [3.05, 3.63) is 23.8 Å². The van der Waals surface area contributed by atoms with Crippen LogP contribution in [0.5, 0.6) is 0 Å². The van der Waals surface area contributed by atoms with Crippen LogP contribution in [0.2, 0.25) is 0 Å². The van der Waals surface area contributed by atoms with Gasteiger partial charge in [-0.15, -0.1) is 0 Å². The first-order valence-electron chi connectivity index (χ1n) is 9.18. The molecule has 0 aliphatic heterocycles. The molecule has 0 radical (unpaired) electrons. The minimum absolute atomic E-state index is 0.991. The van der Waals surface area contributed by atoms with E-state index in [2.05, 4.69) is 73.3 Å². The van der Waals surface area contributed by atoms with Gasteiger partial charge >= 0.3 is 0 Å². The Hall–Kier alpha value is -1.26. The Kier molecular flexibility index (Phi) is 9.72. The van der Waals surface area contributed by atoms with Crippen LogP contribution in [-0.4, -0.2) is 62.2 Å². The van der Waals surface area contributed by atoms with E-state index in [1.165, 1.54) is 16.9 Å². The van der Waals surface area contributed by atoms with Crippen LogP contribution >= 0.6 is 0 Å². The normalized spacial score (nSPS) is 11.3. The van der Waals surface area contributed by atoms with Gasteiger partial charge < -0.3 is 20.4 Å². The summed E-state index contributed by atoms with van der Waals surface area (Å²) in [6.45, 7) is 19.7. The summed E-state index contributed by atoms with van der Waals surface area (Å²) in [5.41, 5.74) is 3.79. The Morgan fingerprint density at radius 1 is 0.739 bits per heavy atom. The number of nitrogens with one attached hydrogen (secondary N) is 2. The van der Waals surface area contributed by atoms with Crippen molar-refractivity contribution in [3.8, 4) is 0 Å². The van der Waals surface area contributed by atoms with E-state index >= 15 is 0 Å². The lowest BCUT2D eigenvalue weighted by atomic mass is 10.1. The summed E-state index contributed by atoms with van der Waals surface area (Å²) in [4.78, 5) is 4.88. The van der Waals surface area contributed by atoms with Gasteiger partial charge in [-0.25, -0.2) is 0 Å². The summed E-state index contributed by atoms with van der Waals surface area (Å²) in [7, 11) is 0. The Morgan fingerprint density at radius 2 is 1.13 bits per heavy atom. The van der Waals surface area contributed by atoms with E-state index in [-0.39, 0.29) is 0 Å². The second-order valence-electron chi connectivity index (χ2n) is 5.89. The third-order valence-electron chi connectivity index (χ3n) is 4.61. The Bertz CT molecular complexity index is 389. The lowest BCUT2D eigenvalue weighted by Gasteiger charge is -2.21. The fraction of sp³-hybridized carbons (Fsp3) is 0.684. The molecule has 0 fully saturated rings. The van der Waals surface area contributed by atoms with Gasteiger partial charge in [-0.05, 0) is 50.8 Å². The van der Waals surface area contributed by atoms with E-state index in [9.17, 15) is 0 Å². The highest BCUT2D eigenvalue weighted by Crippen LogP contribution is 2.23. The van der Waals surface area contributed by atoms with Crippen molar-refractivity contribution in [2.24, 2.45) is 0 Å². The topological polar surface area (TPSA) is 30.5 Å².